The lowest BCUT2D eigenvalue weighted by Crippen LogP contribution is -2.37. The molecule has 0 saturated heterocycles. The smallest absolute Gasteiger partial charge is 0.306 e. The predicted octanol–water partition coefficient (Wildman–Crippen LogP) is 12.2. The van der Waals surface area contributed by atoms with E-state index in [-0.39, 0.29) is 25.8 Å². The molecule has 0 saturated carbocycles. The summed E-state index contributed by atoms with van der Waals surface area (Å²) in [6.45, 7) is 5.39. The van der Waals surface area contributed by atoms with Gasteiger partial charge in [0.05, 0.1) is 34.4 Å². The summed E-state index contributed by atoms with van der Waals surface area (Å²) in [5, 5.41) is 0. The Bertz CT molecular complexity index is 905. The molecule has 0 aliphatic heterocycles. The van der Waals surface area contributed by atoms with Gasteiger partial charge in [0.1, 0.15) is 19.3 Å². The standard InChI is InChI=1S/C44H86NO7P/c1-6-8-10-12-14-16-18-20-22-24-26-28-30-32-34-36-39-49-41-43(42-51-53(47,48)50-40-38-45(3,4)5)52-44(46)37-35-33-31-29-27-25-23-21-19-17-15-13-11-9-7-2/h15,17,21,23,43H,6-14,16,18-20,22,24-42H2,1-5H3/b17-15-,23-21-. The molecule has 0 heterocycles. The number of nitrogens with zero attached hydrogens (tertiary/aromatic N) is 1. The number of esters is 1. The van der Waals surface area contributed by atoms with Gasteiger partial charge in [-0.05, 0) is 44.9 Å². The van der Waals surface area contributed by atoms with Crippen molar-refractivity contribution in [2.75, 3.05) is 54.1 Å². The van der Waals surface area contributed by atoms with Gasteiger partial charge in [0, 0.05) is 13.0 Å². The summed E-state index contributed by atoms with van der Waals surface area (Å²) in [6, 6.07) is 0. The topological polar surface area (TPSA) is 94.1 Å². The first-order chi connectivity index (χ1) is 25.6. The lowest BCUT2D eigenvalue weighted by atomic mass is 10.0. The normalized spacial score (nSPS) is 14.0. The number of hydrogen-bond donors (Lipinski definition) is 0. The Morgan fingerprint density at radius 1 is 0.585 bits per heavy atom. The molecular formula is C44H86NO7P. The second kappa shape index (κ2) is 37.9. The number of ether oxygens (including phenoxy) is 2. The van der Waals surface area contributed by atoms with Crippen LogP contribution in [-0.2, 0) is 27.9 Å². The summed E-state index contributed by atoms with van der Waals surface area (Å²) in [5.74, 6) is -0.345. The minimum absolute atomic E-state index is 0.0251. The van der Waals surface area contributed by atoms with Crippen molar-refractivity contribution in [1.29, 1.82) is 0 Å². The molecule has 2 unspecified atom stereocenters. The number of carbonyl (C=O) groups excluding carboxylic acids is 1. The van der Waals surface area contributed by atoms with Crippen molar-refractivity contribution in [2.45, 2.75) is 200 Å². The Morgan fingerprint density at radius 3 is 1.57 bits per heavy atom. The molecule has 0 aromatic rings. The fourth-order valence-electron chi connectivity index (χ4n) is 6.05. The Morgan fingerprint density at radius 2 is 1.04 bits per heavy atom. The Labute approximate surface area is 328 Å². The first-order valence-electron chi connectivity index (χ1n) is 22.1. The molecule has 0 aliphatic carbocycles. The average Bonchev–Trinajstić information content (AvgIpc) is 3.11. The van der Waals surface area contributed by atoms with Crippen LogP contribution in [0, 0.1) is 0 Å². The quantitative estimate of drug-likeness (QED) is 0.0201. The highest BCUT2D eigenvalue weighted by Gasteiger charge is 2.20. The van der Waals surface area contributed by atoms with Gasteiger partial charge in [-0.3, -0.25) is 9.36 Å². The summed E-state index contributed by atoms with van der Waals surface area (Å²) >= 11 is 0. The number of carbonyl (C=O) groups is 1. The zero-order valence-corrected chi connectivity index (χ0v) is 36.4. The maximum absolute atomic E-state index is 12.7. The van der Waals surface area contributed by atoms with Gasteiger partial charge in [0.15, 0.2) is 0 Å². The zero-order valence-electron chi connectivity index (χ0n) is 35.5. The third kappa shape index (κ3) is 42.0. The van der Waals surface area contributed by atoms with Gasteiger partial charge in [0.2, 0.25) is 0 Å². The second-order valence-corrected chi connectivity index (χ2v) is 17.5. The molecule has 0 fully saturated rings. The van der Waals surface area contributed by atoms with Crippen LogP contribution in [0.4, 0.5) is 0 Å². The highest BCUT2D eigenvalue weighted by Crippen LogP contribution is 2.38. The van der Waals surface area contributed by atoms with Crippen LogP contribution in [0.3, 0.4) is 0 Å². The van der Waals surface area contributed by atoms with Crippen LogP contribution in [-0.4, -0.2) is 70.7 Å². The lowest BCUT2D eigenvalue weighted by Gasteiger charge is -2.28. The summed E-state index contributed by atoms with van der Waals surface area (Å²) < 4.78 is 34.6. The van der Waals surface area contributed by atoms with Crippen molar-refractivity contribution in [2.24, 2.45) is 0 Å². The van der Waals surface area contributed by atoms with Crippen LogP contribution in [0.2, 0.25) is 0 Å². The van der Waals surface area contributed by atoms with Crippen LogP contribution in [0.25, 0.3) is 0 Å². The molecule has 0 amide bonds. The van der Waals surface area contributed by atoms with Crippen LogP contribution in [0.5, 0.6) is 0 Å². The van der Waals surface area contributed by atoms with Crippen LogP contribution in [0.1, 0.15) is 194 Å². The average molecular weight is 772 g/mol. The first-order valence-corrected chi connectivity index (χ1v) is 23.5. The molecule has 8 nitrogen and oxygen atoms in total. The van der Waals surface area contributed by atoms with Gasteiger partial charge in [-0.1, -0.05) is 167 Å². The number of phosphoric acid groups is 1. The van der Waals surface area contributed by atoms with Gasteiger partial charge in [-0.15, -0.1) is 0 Å². The molecule has 0 bridgehead atoms. The van der Waals surface area contributed by atoms with E-state index >= 15 is 0 Å². The van der Waals surface area contributed by atoms with Crippen molar-refractivity contribution in [3.8, 4) is 0 Å². The number of quaternary nitrogens is 1. The molecule has 314 valence electrons. The minimum Gasteiger partial charge on any atom is -0.756 e. The predicted molar refractivity (Wildman–Crippen MR) is 222 cm³/mol. The second-order valence-electron chi connectivity index (χ2n) is 16.1. The molecule has 0 spiro atoms. The van der Waals surface area contributed by atoms with E-state index in [1.807, 2.05) is 21.1 Å². The molecular weight excluding hydrogens is 685 g/mol. The number of hydrogen-bond acceptors (Lipinski definition) is 7. The van der Waals surface area contributed by atoms with Gasteiger partial charge in [0.25, 0.3) is 7.82 Å². The molecule has 0 aromatic carbocycles. The van der Waals surface area contributed by atoms with Gasteiger partial charge >= 0.3 is 5.97 Å². The number of rotatable bonds is 41. The van der Waals surface area contributed by atoms with E-state index < -0.39 is 13.9 Å². The molecule has 0 radical (unpaired) electrons. The zero-order chi connectivity index (χ0) is 39.1. The van der Waals surface area contributed by atoms with Crippen LogP contribution < -0.4 is 4.89 Å². The Hall–Kier alpha value is -1.02. The number of likely N-dealkylation sites (N-methyl/N-ethyl adjacent to an activating group) is 1. The maximum Gasteiger partial charge on any atom is 0.306 e. The third-order valence-electron chi connectivity index (χ3n) is 9.51. The fourth-order valence-corrected chi connectivity index (χ4v) is 6.78. The van der Waals surface area contributed by atoms with E-state index in [9.17, 15) is 14.3 Å². The van der Waals surface area contributed by atoms with Crippen LogP contribution in [0.15, 0.2) is 24.3 Å². The van der Waals surface area contributed by atoms with E-state index in [1.54, 1.807) is 0 Å². The van der Waals surface area contributed by atoms with E-state index in [0.29, 0.717) is 24.1 Å². The first kappa shape index (κ1) is 52.0. The molecule has 0 N–H and O–H groups in total. The van der Waals surface area contributed by atoms with Crippen molar-refractivity contribution < 1.29 is 37.3 Å². The van der Waals surface area contributed by atoms with Gasteiger partial charge < -0.3 is 27.9 Å². The molecule has 53 heavy (non-hydrogen) atoms. The van der Waals surface area contributed by atoms with Crippen molar-refractivity contribution in [1.82, 2.24) is 0 Å². The Kier molecular flexibility index (Phi) is 37.2. The molecule has 0 aromatic heterocycles. The minimum atomic E-state index is -4.52. The molecule has 0 aliphatic rings. The number of unbranched alkanes of at least 4 members (excludes halogenated alkanes) is 23. The highest BCUT2D eigenvalue weighted by molar-refractivity contribution is 7.45. The van der Waals surface area contributed by atoms with E-state index in [4.69, 9.17) is 18.5 Å². The van der Waals surface area contributed by atoms with Crippen molar-refractivity contribution in [3.63, 3.8) is 0 Å². The summed E-state index contributed by atoms with van der Waals surface area (Å²) in [5.41, 5.74) is 0. The molecule has 2 atom stereocenters. The molecule has 9 heteroatoms. The summed E-state index contributed by atoms with van der Waals surface area (Å²) in [7, 11) is 1.35. The monoisotopic (exact) mass is 772 g/mol. The summed E-state index contributed by atoms with van der Waals surface area (Å²) in [6.07, 6.45) is 41.8. The largest absolute Gasteiger partial charge is 0.756 e. The number of allylic oxidation sites excluding steroid dienone is 4. The number of phosphoric ester groups is 1. The SMILES string of the molecule is CCCCC/C=C\C/C=C\CCCCCCCC(=O)OC(COCCCCCCCCCCCCCCCCCC)COP(=O)([O-])OCC[N+](C)(C)C. The van der Waals surface area contributed by atoms with Crippen molar-refractivity contribution >= 4 is 13.8 Å². The van der Waals surface area contributed by atoms with Gasteiger partial charge in [-0.2, -0.15) is 0 Å². The molecule has 0 rings (SSSR count). The van der Waals surface area contributed by atoms with Crippen LogP contribution >= 0.6 is 7.82 Å². The lowest BCUT2D eigenvalue weighted by molar-refractivity contribution is -0.870. The third-order valence-corrected chi connectivity index (χ3v) is 10.5. The van der Waals surface area contributed by atoms with E-state index in [1.165, 1.54) is 116 Å². The summed E-state index contributed by atoms with van der Waals surface area (Å²) in [4.78, 5) is 25.0. The van der Waals surface area contributed by atoms with E-state index in [0.717, 1.165) is 57.8 Å². The Balaban J connectivity index is 4.23. The maximum atomic E-state index is 12.7. The van der Waals surface area contributed by atoms with Gasteiger partial charge in [-0.25, -0.2) is 0 Å². The van der Waals surface area contributed by atoms with E-state index in [2.05, 4.69) is 38.2 Å². The fraction of sp³-hybridized carbons (Fsp3) is 0.886. The highest BCUT2D eigenvalue weighted by atomic mass is 31.2. The van der Waals surface area contributed by atoms with Crippen molar-refractivity contribution in [3.05, 3.63) is 24.3 Å².